The SMILES string of the molecule is Cc1ccc(C(=O)Nc2ccccc2SC(F)F)cc1NS(C)(=O)=O. The fourth-order valence-electron chi connectivity index (χ4n) is 2.04. The van der Waals surface area contributed by atoms with E-state index >= 15 is 0 Å². The molecule has 0 heterocycles. The summed E-state index contributed by atoms with van der Waals surface area (Å²) in [7, 11) is -3.49. The van der Waals surface area contributed by atoms with E-state index in [-0.39, 0.29) is 21.8 Å². The average molecular weight is 386 g/mol. The third-order valence-electron chi connectivity index (χ3n) is 3.15. The van der Waals surface area contributed by atoms with E-state index < -0.39 is 21.7 Å². The first-order valence-corrected chi connectivity index (χ1v) is 9.86. The number of carbonyl (C=O) groups excluding carboxylic acids is 1. The Balaban J connectivity index is 2.26. The topological polar surface area (TPSA) is 75.3 Å². The van der Waals surface area contributed by atoms with Gasteiger partial charge in [-0.05, 0) is 36.8 Å². The highest BCUT2D eigenvalue weighted by atomic mass is 32.2. The molecule has 5 nitrogen and oxygen atoms in total. The number of benzene rings is 2. The van der Waals surface area contributed by atoms with E-state index in [0.29, 0.717) is 17.3 Å². The number of carbonyl (C=O) groups is 1. The molecule has 0 radical (unpaired) electrons. The molecule has 0 aliphatic rings. The van der Waals surface area contributed by atoms with E-state index in [1.165, 1.54) is 24.3 Å². The monoisotopic (exact) mass is 386 g/mol. The van der Waals surface area contributed by atoms with E-state index in [1.807, 2.05) is 0 Å². The number of nitrogens with one attached hydrogen (secondary N) is 2. The standard InChI is InChI=1S/C16H16F2N2O3S2/c1-10-7-8-11(9-13(10)20-25(2,22)23)15(21)19-12-5-3-4-6-14(12)24-16(17)18/h3-9,16,20H,1-2H3,(H,19,21). The van der Waals surface area contributed by atoms with Gasteiger partial charge in [0.05, 0.1) is 17.6 Å². The highest BCUT2D eigenvalue weighted by Gasteiger charge is 2.14. The number of thioether (sulfide) groups is 1. The molecule has 0 aromatic heterocycles. The van der Waals surface area contributed by atoms with Crippen molar-refractivity contribution in [2.75, 3.05) is 16.3 Å². The summed E-state index contributed by atoms with van der Waals surface area (Å²) in [5.74, 6) is -3.14. The van der Waals surface area contributed by atoms with E-state index in [2.05, 4.69) is 10.0 Å². The van der Waals surface area contributed by atoms with Crippen molar-refractivity contribution in [2.45, 2.75) is 17.6 Å². The zero-order chi connectivity index (χ0) is 18.6. The molecule has 25 heavy (non-hydrogen) atoms. The van der Waals surface area contributed by atoms with Crippen molar-refractivity contribution in [1.29, 1.82) is 0 Å². The van der Waals surface area contributed by atoms with Crippen molar-refractivity contribution in [3.63, 3.8) is 0 Å². The predicted molar refractivity (Wildman–Crippen MR) is 95.9 cm³/mol. The lowest BCUT2D eigenvalue weighted by molar-refractivity contribution is 0.102. The second kappa shape index (κ2) is 7.83. The van der Waals surface area contributed by atoms with Crippen LogP contribution in [0.15, 0.2) is 47.4 Å². The molecule has 1 amide bonds. The molecule has 2 aromatic carbocycles. The van der Waals surface area contributed by atoms with Crippen molar-refractivity contribution >= 4 is 39.1 Å². The van der Waals surface area contributed by atoms with Gasteiger partial charge in [-0.3, -0.25) is 9.52 Å². The Hall–Kier alpha value is -2.13. The first-order chi connectivity index (χ1) is 11.7. The minimum atomic E-state index is -3.49. The zero-order valence-corrected chi connectivity index (χ0v) is 15.0. The molecule has 0 aliphatic carbocycles. The maximum atomic E-state index is 12.6. The second-order valence-corrected chi connectivity index (χ2v) is 8.01. The van der Waals surface area contributed by atoms with Crippen molar-refractivity contribution in [3.8, 4) is 0 Å². The van der Waals surface area contributed by atoms with E-state index in [1.54, 1.807) is 25.1 Å². The quantitative estimate of drug-likeness (QED) is 0.738. The molecule has 0 fully saturated rings. The molecule has 0 atom stereocenters. The van der Waals surface area contributed by atoms with E-state index in [4.69, 9.17) is 0 Å². The van der Waals surface area contributed by atoms with Gasteiger partial charge < -0.3 is 5.32 Å². The lowest BCUT2D eigenvalue weighted by atomic mass is 10.1. The largest absolute Gasteiger partial charge is 0.321 e. The molecule has 134 valence electrons. The van der Waals surface area contributed by atoms with Gasteiger partial charge in [-0.15, -0.1) is 0 Å². The first kappa shape index (κ1) is 19.2. The van der Waals surface area contributed by atoms with Crippen LogP contribution in [-0.2, 0) is 10.0 Å². The lowest BCUT2D eigenvalue weighted by Gasteiger charge is -2.12. The normalized spacial score (nSPS) is 11.4. The van der Waals surface area contributed by atoms with Gasteiger partial charge >= 0.3 is 0 Å². The van der Waals surface area contributed by atoms with Crippen molar-refractivity contribution < 1.29 is 22.0 Å². The fraction of sp³-hybridized carbons (Fsp3) is 0.188. The summed E-state index contributed by atoms with van der Waals surface area (Å²) in [5, 5.41) is 2.57. The van der Waals surface area contributed by atoms with Crippen molar-refractivity contribution in [3.05, 3.63) is 53.6 Å². The minimum Gasteiger partial charge on any atom is -0.321 e. The molecule has 0 saturated heterocycles. The third kappa shape index (κ3) is 5.71. The Bertz CT molecular complexity index is 887. The Labute approximate surface area is 148 Å². The summed E-state index contributed by atoms with van der Waals surface area (Å²) in [6.07, 6.45) is 1.01. The first-order valence-electron chi connectivity index (χ1n) is 7.09. The molecule has 2 N–H and O–H groups in total. The van der Waals surface area contributed by atoms with Crippen LogP contribution in [0.5, 0.6) is 0 Å². The number of aryl methyl sites for hydroxylation is 1. The van der Waals surface area contributed by atoms with Gasteiger partial charge in [-0.1, -0.05) is 30.0 Å². The number of rotatable bonds is 6. The maximum Gasteiger partial charge on any atom is 0.288 e. The molecule has 0 aliphatic heterocycles. The van der Waals surface area contributed by atoms with Gasteiger partial charge in [0.1, 0.15) is 0 Å². The molecule has 0 bridgehead atoms. The molecular formula is C16H16F2N2O3S2. The molecular weight excluding hydrogens is 370 g/mol. The average Bonchev–Trinajstić information content (AvgIpc) is 2.49. The summed E-state index contributed by atoms with van der Waals surface area (Å²) in [6, 6.07) is 10.7. The number of sulfonamides is 1. The van der Waals surface area contributed by atoms with Crippen LogP contribution in [-0.4, -0.2) is 26.3 Å². The number of hydrogen-bond donors (Lipinski definition) is 2. The second-order valence-electron chi connectivity index (χ2n) is 5.23. The van der Waals surface area contributed by atoms with E-state index in [9.17, 15) is 22.0 Å². The van der Waals surface area contributed by atoms with Crippen LogP contribution in [0.25, 0.3) is 0 Å². The molecule has 0 spiro atoms. The van der Waals surface area contributed by atoms with Crippen LogP contribution in [0.2, 0.25) is 0 Å². The van der Waals surface area contributed by atoms with Gasteiger partial charge in [0.2, 0.25) is 10.0 Å². The number of hydrogen-bond acceptors (Lipinski definition) is 4. The van der Waals surface area contributed by atoms with Gasteiger partial charge in [0.25, 0.3) is 11.7 Å². The molecule has 2 aromatic rings. The van der Waals surface area contributed by atoms with Crippen LogP contribution in [0.4, 0.5) is 20.2 Å². The van der Waals surface area contributed by atoms with Gasteiger partial charge in [0.15, 0.2) is 0 Å². The zero-order valence-electron chi connectivity index (χ0n) is 13.4. The van der Waals surface area contributed by atoms with Crippen LogP contribution >= 0.6 is 11.8 Å². The van der Waals surface area contributed by atoms with Crippen LogP contribution in [0.1, 0.15) is 15.9 Å². The smallest absolute Gasteiger partial charge is 0.288 e. The summed E-state index contributed by atoms with van der Waals surface area (Å²) in [6.45, 7) is 1.70. The summed E-state index contributed by atoms with van der Waals surface area (Å²) < 4.78 is 50.3. The Morgan fingerprint density at radius 2 is 1.80 bits per heavy atom. The number of amides is 1. The number of anilines is 2. The Morgan fingerprint density at radius 3 is 2.44 bits per heavy atom. The maximum absolute atomic E-state index is 12.6. The number of para-hydroxylation sites is 1. The predicted octanol–water partition coefficient (Wildman–Crippen LogP) is 3.93. The minimum absolute atomic E-state index is 0.202. The molecule has 9 heteroatoms. The molecule has 2 rings (SSSR count). The summed E-state index contributed by atoms with van der Waals surface area (Å²) in [5.41, 5.74) is 1.39. The highest BCUT2D eigenvalue weighted by Crippen LogP contribution is 2.32. The molecule has 0 saturated carbocycles. The number of halogens is 2. The lowest BCUT2D eigenvalue weighted by Crippen LogP contribution is -2.15. The summed E-state index contributed by atoms with van der Waals surface area (Å²) >= 11 is 0.336. The highest BCUT2D eigenvalue weighted by molar-refractivity contribution is 7.99. The van der Waals surface area contributed by atoms with Crippen LogP contribution in [0.3, 0.4) is 0 Å². The Morgan fingerprint density at radius 1 is 1.12 bits per heavy atom. The summed E-state index contributed by atoms with van der Waals surface area (Å²) in [4.78, 5) is 12.6. The van der Waals surface area contributed by atoms with E-state index in [0.717, 1.165) is 6.26 Å². The fourth-order valence-corrected chi connectivity index (χ4v) is 3.25. The van der Waals surface area contributed by atoms with Crippen LogP contribution in [0, 0.1) is 6.92 Å². The van der Waals surface area contributed by atoms with Crippen molar-refractivity contribution in [1.82, 2.24) is 0 Å². The Kier molecular flexibility index (Phi) is 6.02. The van der Waals surface area contributed by atoms with Gasteiger partial charge in [-0.2, -0.15) is 8.78 Å². The van der Waals surface area contributed by atoms with Crippen molar-refractivity contribution in [2.24, 2.45) is 0 Å². The number of alkyl halides is 2. The van der Waals surface area contributed by atoms with Crippen LogP contribution < -0.4 is 10.0 Å². The van der Waals surface area contributed by atoms with Gasteiger partial charge in [0, 0.05) is 10.5 Å². The molecule has 0 unspecified atom stereocenters. The van der Waals surface area contributed by atoms with Gasteiger partial charge in [-0.25, -0.2) is 8.42 Å². The third-order valence-corrected chi connectivity index (χ3v) is 4.53.